The molecular weight excluding hydrogens is 308 g/mol. The van der Waals surface area contributed by atoms with Gasteiger partial charge < -0.3 is 9.64 Å². The molecule has 122 valence electrons. The molecule has 0 radical (unpaired) electrons. The normalized spacial score (nSPS) is 21.0. The van der Waals surface area contributed by atoms with E-state index in [2.05, 4.69) is 54.9 Å². The molecule has 1 aromatic carbocycles. The molecule has 0 saturated carbocycles. The maximum atomic E-state index is 12.1. The number of carbonyl (C=O) groups excluding carboxylic acids is 1. The van der Waals surface area contributed by atoms with Crippen LogP contribution in [0.25, 0.3) is 6.08 Å². The third-order valence-corrected chi connectivity index (χ3v) is 5.01. The fourth-order valence-corrected chi connectivity index (χ4v) is 3.48. The number of amidine groups is 1. The van der Waals surface area contributed by atoms with Gasteiger partial charge in [-0.2, -0.15) is 4.99 Å². The Balaban J connectivity index is 1.72. The van der Waals surface area contributed by atoms with Crippen LogP contribution >= 0.6 is 11.8 Å². The number of morpholine rings is 1. The van der Waals surface area contributed by atoms with Crippen LogP contribution < -0.4 is 0 Å². The van der Waals surface area contributed by atoms with Gasteiger partial charge in [0.15, 0.2) is 5.17 Å². The van der Waals surface area contributed by atoms with E-state index < -0.39 is 0 Å². The van der Waals surface area contributed by atoms with Crippen molar-refractivity contribution in [2.75, 3.05) is 26.3 Å². The molecule has 0 N–H and O–H groups in total. The summed E-state index contributed by atoms with van der Waals surface area (Å²) < 4.78 is 5.34. The third-order valence-electron chi connectivity index (χ3n) is 3.97. The van der Waals surface area contributed by atoms with Crippen molar-refractivity contribution in [3.63, 3.8) is 0 Å². The second-order valence-electron chi connectivity index (χ2n) is 6.78. The summed E-state index contributed by atoms with van der Waals surface area (Å²) in [5, 5.41) is 0.802. The molecular formula is C18H22N2O2S. The minimum absolute atomic E-state index is 0.135. The van der Waals surface area contributed by atoms with E-state index in [4.69, 9.17) is 4.74 Å². The Bertz CT molecular complexity index is 651. The number of thioether (sulfide) groups is 1. The molecule has 4 nitrogen and oxygen atoms in total. The predicted molar refractivity (Wildman–Crippen MR) is 95.5 cm³/mol. The average molecular weight is 330 g/mol. The molecule has 3 rings (SSSR count). The lowest BCUT2D eigenvalue weighted by Gasteiger charge is -2.27. The first kappa shape index (κ1) is 16.3. The highest BCUT2D eigenvalue weighted by Crippen LogP contribution is 2.31. The molecule has 2 heterocycles. The lowest BCUT2D eigenvalue weighted by Crippen LogP contribution is -2.38. The molecule has 0 aromatic heterocycles. The van der Waals surface area contributed by atoms with Crippen molar-refractivity contribution in [3.05, 3.63) is 40.3 Å². The minimum Gasteiger partial charge on any atom is -0.378 e. The first-order valence-corrected chi connectivity index (χ1v) is 8.71. The lowest BCUT2D eigenvalue weighted by molar-refractivity contribution is -0.113. The van der Waals surface area contributed by atoms with Gasteiger partial charge in [-0.25, -0.2) is 0 Å². The Kier molecular flexibility index (Phi) is 4.60. The fraction of sp³-hybridized carbons (Fsp3) is 0.444. The van der Waals surface area contributed by atoms with E-state index in [0.717, 1.165) is 23.8 Å². The zero-order chi connectivity index (χ0) is 16.4. The van der Waals surface area contributed by atoms with Gasteiger partial charge in [-0.1, -0.05) is 45.0 Å². The van der Waals surface area contributed by atoms with Gasteiger partial charge in [0.05, 0.1) is 18.1 Å². The van der Waals surface area contributed by atoms with Crippen molar-refractivity contribution < 1.29 is 9.53 Å². The molecule has 1 saturated heterocycles. The van der Waals surface area contributed by atoms with Crippen LogP contribution in [0, 0.1) is 0 Å². The van der Waals surface area contributed by atoms with Crippen LogP contribution in [0.3, 0.4) is 0 Å². The van der Waals surface area contributed by atoms with Gasteiger partial charge in [0.25, 0.3) is 5.91 Å². The summed E-state index contributed by atoms with van der Waals surface area (Å²) >= 11 is 1.46. The fourth-order valence-electron chi connectivity index (χ4n) is 2.52. The second-order valence-corrected chi connectivity index (χ2v) is 7.79. The molecule has 1 aromatic rings. The van der Waals surface area contributed by atoms with Gasteiger partial charge in [0, 0.05) is 13.1 Å². The van der Waals surface area contributed by atoms with Crippen molar-refractivity contribution in [1.82, 2.24) is 4.90 Å². The highest BCUT2D eigenvalue weighted by molar-refractivity contribution is 8.18. The average Bonchev–Trinajstić information content (AvgIpc) is 2.89. The summed E-state index contributed by atoms with van der Waals surface area (Å²) in [5.41, 5.74) is 2.46. The van der Waals surface area contributed by atoms with Crippen LogP contribution in [-0.2, 0) is 14.9 Å². The Hall–Kier alpha value is -1.59. The zero-order valence-corrected chi connectivity index (χ0v) is 14.7. The number of nitrogens with zero attached hydrogens (tertiary/aromatic N) is 2. The topological polar surface area (TPSA) is 41.9 Å². The quantitative estimate of drug-likeness (QED) is 0.741. The first-order valence-electron chi connectivity index (χ1n) is 7.89. The molecule has 1 amide bonds. The van der Waals surface area contributed by atoms with Gasteiger partial charge in [-0.15, -0.1) is 0 Å². The molecule has 2 aliphatic rings. The van der Waals surface area contributed by atoms with Crippen molar-refractivity contribution in [3.8, 4) is 0 Å². The minimum atomic E-state index is -0.142. The highest BCUT2D eigenvalue weighted by Gasteiger charge is 2.27. The van der Waals surface area contributed by atoms with Gasteiger partial charge in [-0.05, 0) is 34.4 Å². The summed E-state index contributed by atoms with van der Waals surface area (Å²) in [5.74, 6) is -0.142. The molecule has 2 aliphatic heterocycles. The summed E-state index contributed by atoms with van der Waals surface area (Å²) in [4.78, 5) is 19.1. The molecule has 0 atom stereocenters. The van der Waals surface area contributed by atoms with Crippen LogP contribution in [0.2, 0.25) is 0 Å². The summed E-state index contributed by atoms with van der Waals surface area (Å²) in [7, 11) is 0. The summed E-state index contributed by atoms with van der Waals surface area (Å²) in [6, 6.07) is 8.38. The van der Waals surface area contributed by atoms with Gasteiger partial charge in [0.1, 0.15) is 0 Å². The van der Waals surface area contributed by atoms with E-state index in [1.807, 2.05) is 6.08 Å². The SMILES string of the molecule is CC(C)(C)c1ccc(C=C2SC(N3CCOCC3)=NC2=O)cc1. The first-order chi connectivity index (χ1) is 10.9. The molecule has 0 spiro atoms. The van der Waals surface area contributed by atoms with Crippen molar-refractivity contribution in [2.24, 2.45) is 4.99 Å². The van der Waals surface area contributed by atoms with E-state index in [-0.39, 0.29) is 11.3 Å². The number of ether oxygens (including phenoxy) is 1. The summed E-state index contributed by atoms with van der Waals surface area (Å²) in [6.07, 6.45) is 1.93. The molecule has 5 heteroatoms. The van der Waals surface area contributed by atoms with Gasteiger partial charge >= 0.3 is 0 Å². The van der Waals surface area contributed by atoms with Crippen LogP contribution in [0.15, 0.2) is 34.2 Å². The molecule has 23 heavy (non-hydrogen) atoms. The standard InChI is InChI=1S/C18H22N2O2S/c1-18(2,3)14-6-4-13(5-7-14)12-15-16(21)19-17(23-15)20-8-10-22-11-9-20/h4-7,12H,8-11H2,1-3H3. The van der Waals surface area contributed by atoms with Crippen molar-refractivity contribution in [2.45, 2.75) is 26.2 Å². The van der Waals surface area contributed by atoms with E-state index in [1.165, 1.54) is 17.3 Å². The molecule has 0 aliphatic carbocycles. The molecule has 1 fully saturated rings. The van der Waals surface area contributed by atoms with Crippen molar-refractivity contribution in [1.29, 1.82) is 0 Å². The number of amides is 1. The number of aliphatic imine (C=N–C) groups is 1. The maximum Gasteiger partial charge on any atom is 0.286 e. The molecule has 0 unspecified atom stereocenters. The van der Waals surface area contributed by atoms with E-state index in [1.54, 1.807) is 0 Å². The summed E-state index contributed by atoms with van der Waals surface area (Å²) in [6.45, 7) is 9.57. The van der Waals surface area contributed by atoms with Crippen molar-refractivity contribution >= 4 is 28.9 Å². The third kappa shape index (κ3) is 3.85. The van der Waals surface area contributed by atoms with Gasteiger partial charge in [-0.3, -0.25) is 4.79 Å². The number of hydrogen-bond donors (Lipinski definition) is 0. The van der Waals surface area contributed by atoms with Crippen LogP contribution in [0.4, 0.5) is 0 Å². The van der Waals surface area contributed by atoms with Crippen LogP contribution in [0.5, 0.6) is 0 Å². The Morgan fingerprint density at radius 1 is 1.17 bits per heavy atom. The monoisotopic (exact) mass is 330 g/mol. The predicted octanol–water partition coefficient (Wildman–Crippen LogP) is 3.29. The zero-order valence-electron chi connectivity index (χ0n) is 13.8. The number of carbonyl (C=O) groups is 1. The number of rotatable bonds is 1. The lowest BCUT2D eigenvalue weighted by atomic mass is 9.87. The van der Waals surface area contributed by atoms with E-state index in [0.29, 0.717) is 18.1 Å². The highest BCUT2D eigenvalue weighted by atomic mass is 32.2. The smallest absolute Gasteiger partial charge is 0.286 e. The maximum absolute atomic E-state index is 12.1. The number of hydrogen-bond acceptors (Lipinski definition) is 4. The van der Waals surface area contributed by atoms with E-state index in [9.17, 15) is 4.79 Å². The Morgan fingerprint density at radius 2 is 1.83 bits per heavy atom. The van der Waals surface area contributed by atoms with Crippen LogP contribution in [-0.4, -0.2) is 42.3 Å². The Morgan fingerprint density at radius 3 is 2.43 bits per heavy atom. The van der Waals surface area contributed by atoms with Crippen LogP contribution in [0.1, 0.15) is 31.9 Å². The Labute approximate surface area is 141 Å². The second kappa shape index (κ2) is 6.49. The van der Waals surface area contributed by atoms with E-state index >= 15 is 0 Å². The largest absolute Gasteiger partial charge is 0.378 e. The molecule has 0 bridgehead atoms. The van der Waals surface area contributed by atoms with Gasteiger partial charge in [0.2, 0.25) is 0 Å². The number of benzene rings is 1.